The molecule has 3 N–H and O–H groups in total. The van der Waals surface area contributed by atoms with Gasteiger partial charge < -0.3 is 15.8 Å². The second-order valence-electron chi connectivity index (χ2n) is 3.47. The van der Waals surface area contributed by atoms with Gasteiger partial charge in [0, 0.05) is 19.7 Å². The van der Waals surface area contributed by atoms with E-state index >= 15 is 0 Å². The Morgan fingerprint density at radius 3 is 3.06 bits per heavy atom. The van der Waals surface area contributed by atoms with Gasteiger partial charge in [-0.2, -0.15) is 0 Å². The Bertz CT molecular complexity index is 336. The molecule has 7 heteroatoms. The molecule has 0 bridgehead atoms. The van der Waals surface area contributed by atoms with Gasteiger partial charge in [0.2, 0.25) is 5.91 Å². The fraction of sp³-hybridized carbons (Fsp3) is 0.667. The van der Waals surface area contributed by atoms with Crippen LogP contribution in [-0.4, -0.2) is 41.2 Å². The number of carbonyl (C=O) groups is 1. The molecule has 0 saturated carbocycles. The number of nitrogens with two attached hydrogens (primary N) is 1. The van der Waals surface area contributed by atoms with E-state index in [-0.39, 0.29) is 18.5 Å². The molecule has 0 radical (unpaired) electrons. The fourth-order valence-electron chi connectivity index (χ4n) is 1.09. The Labute approximate surface area is 93.9 Å². The summed E-state index contributed by atoms with van der Waals surface area (Å²) < 4.78 is 6.27. The van der Waals surface area contributed by atoms with Crippen molar-refractivity contribution >= 4 is 5.91 Å². The lowest BCUT2D eigenvalue weighted by Gasteiger charge is -2.03. The zero-order chi connectivity index (χ0) is 12.0. The van der Waals surface area contributed by atoms with Crippen molar-refractivity contribution < 1.29 is 9.53 Å². The molecule has 1 amide bonds. The number of carbonyl (C=O) groups excluding carboxylic acids is 1. The summed E-state index contributed by atoms with van der Waals surface area (Å²) in [5.74, 6) is -0.127. The number of methoxy groups -OCH3 is 1. The largest absolute Gasteiger partial charge is 0.383 e. The van der Waals surface area contributed by atoms with Crippen LogP contribution in [0.5, 0.6) is 0 Å². The van der Waals surface area contributed by atoms with E-state index in [1.165, 1.54) is 4.68 Å². The first-order chi connectivity index (χ1) is 7.63. The summed E-state index contributed by atoms with van der Waals surface area (Å²) in [7, 11) is 1.58. The van der Waals surface area contributed by atoms with Crippen molar-refractivity contribution in [1.29, 1.82) is 0 Å². The monoisotopic (exact) mass is 227 g/mol. The van der Waals surface area contributed by atoms with Crippen LogP contribution < -0.4 is 11.1 Å². The van der Waals surface area contributed by atoms with Crippen molar-refractivity contribution in [3.8, 4) is 0 Å². The summed E-state index contributed by atoms with van der Waals surface area (Å²) in [5, 5.41) is 10.3. The molecule has 1 rings (SSSR count). The van der Waals surface area contributed by atoms with Crippen LogP contribution in [0.1, 0.15) is 18.7 Å². The summed E-state index contributed by atoms with van der Waals surface area (Å²) in [6.07, 6.45) is 1.67. The van der Waals surface area contributed by atoms with Gasteiger partial charge in [-0.15, -0.1) is 5.10 Å². The molecule has 1 unspecified atom stereocenters. The molecule has 0 aliphatic heterocycles. The Morgan fingerprint density at radius 1 is 1.75 bits per heavy atom. The first-order valence-electron chi connectivity index (χ1n) is 5.04. The third kappa shape index (κ3) is 3.95. The topological polar surface area (TPSA) is 95.1 Å². The maximum atomic E-state index is 11.4. The van der Waals surface area contributed by atoms with Crippen LogP contribution in [0, 0.1) is 0 Å². The number of aromatic nitrogens is 3. The predicted molar refractivity (Wildman–Crippen MR) is 57.5 cm³/mol. The van der Waals surface area contributed by atoms with Crippen LogP contribution in [0.25, 0.3) is 0 Å². The highest BCUT2D eigenvalue weighted by atomic mass is 16.5. The summed E-state index contributed by atoms with van der Waals surface area (Å²) in [5.41, 5.74) is 6.29. The van der Waals surface area contributed by atoms with E-state index in [9.17, 15) is 4.79 Å². The Morgan fingerprint density at radius 2 is 2.50 bits per heavy atom. The molecule has 1 aromatic rings. The van der Waals surface area contributed by atoms with E-state index < -0.39 is 0 Å². The quantitative estimate of drug-likeness (QED) is 0.612. The fourth-order valence-corrected chi connectivity index (χ4v) is 1.09. The molecule has 0 aromatic carbocycles. The molecule has 1 aromatic heterocycles. The van der Waals surface area contributed by atoms with Gasteiger partial charge in [-0.3, -0.25) is 4.79 Å². The van der Waals surface area contributed by atoms with Crippen molar-refractivity contribution in [2.45, 2.75) is 19.5 Å². The summed E-state index contributed by atoms with van der Waals surface area (Å²) in [4.78, 5) is 11.4. The highest BCUT2D eigenvalue weighted by Crippen LogP contribution is 2.02. The normalized spacial score (nSPS) is 12.4. The molecular weight excluding hydrogens is 210 g/mol. The molecule has 0 aliphatic rings. The molecule has 7 nitrogen and oxygen atoms in total. The van der Waals surface area contributed by atoms with Gasteiger partial charge in [-0.1, -0.05) is 5.21 Å². The maximum absolute atomic E-state index is 11.4. The zero-order valence-corrected chi connectivity index (χ0v) is 9.51. The number of amides is 1. The van der Waals surface area contributed by atoms with Gasteiger partial charge in [0.1, 0.15) is 6.54 Å². The average Bonchev–Trinajstić information content (AvgIpc) is 2.66. The zero-order valence-electron chi connectivity index (χ0n) is 9.51. The molecule has 90 valence electrons. The van der Waals surface area contributed by atoms with Gasteiger partial charge in [0.25, 0.3) is 0 Å². The SMILES string of the molecule is COCCNC(=O)Cn1cc(C(C)N)nn1. The Balaban J connectivity index is 2.37. The average molecular weight is 227 g/mol. The number of ether oxygens (including phenoxy) is 1. The highest BCUT2D eigenvalue weighted by Gasteiger charge is 2.07. The molecule has 0 fully saturated rings. The van der Waals surface area contributed by atoms with Crippen molar-refractivity contribution in [3.63, 3.8) is 0 Å². The standard InChI is InChI=1S/C9H17N5O2/c1-7(10)8-5-14(13-12-8)6-9(15)11-3-4-16-2/h5,7H,3-4,6,10H2,1-2H3,(H,11,15). The molecule has 0 saturated heterocycles. The maximum Gasteiger partial charge on any atom is 0.241 e. The summed E-state index contributed by atoms with van der Waals surface area (Å²) >= 11 is 0. The van der Waals surface area contributed by atoms with Gasteiger partial charge >= 0.3 is 0 Å². The second-order valence-corrected chi connectivity index (χ2v) is 3.47. The number of hydrogen-bond acceptors (Lipinski definition) is 5. The molecule has 0 aliphatic carbocycles. The van der Waals surface area contributed by atoms with Crippen molar-refractivity contribution in [1.82, 2.24) is 20.3 Å². The van der Waals surface area contributed by atoms with Gasteiger partial charge in [0.15, 0.2) is 0 Å². The number of rotatable bonds is 6. The van der Waals surface area contributed by atoms with Crippen molar-refractivity contribution in [3.05, 3.63) is 11.9 Å². The summed E-state index contributed by atoms with van der Waals surface area (Å²) in [6.45, 7) is 2.94. The van der Waals surface area contributed by atoms with Gasteiger partial charge in [-0.05, 0) is 6.92 Å². The lowest BCUT2D eigenvalue weighted by Crippen LogP contribution is -2.30. The lowest BCUT2D eigenvalue weighted by atomic mass is 10.3. The van der Waals surface area contributed by atoms with Crippen LogP contribution in [0.4, 0.5) is 0 Å². The number of hydrogen-bond donors (Lipinski definition) is 2. The minimum atomic E-state index is -0.176. The highest BCUT2D eigenvalue weighted by molar-refractivity contribution is 5.75. The number of nitrogens with one attached hydrogen (secondary N) is 1. The van der Waals surface area contributed by atoms with Crippen LogP contribution in [0.3, 0.4) is 0 Å². The van der Waals surface area contributed by atoms with Crippen LogP contribution in [0.15, 0.2) is 6.20 Å². The van der Waals surface area contributed by atoms with E-state index in [1.807, 2.05) is 6.92 Å². The van der Waals surface area contributed by atoms with Gasteiger partial charge in [0.05, 0.1) is 18.5 Å². The third-order valence-corrected chi connectivity index (χ3v) is 1.96. The van der Waals surface area contributed by atoms with Crippen LogP contribution >= 0.6 is 0 Å². The van der Waals surface area contributed by atoms with E-state index in [1.54, 1.807) is 13.3 Å². The lowest BCUT2D eigenvalue weighted by molar-refractivity contribution is -0.122. The minimum Gasteiger partial charge on any atom is -0.383 e. The van der Waals surface area contributed by atoms with Crippen LogP contribution in [-0.2, 0) is 16.1 Å². The molecule has 16 heavy (non-hydrogen) atoms. The molecular formula is C9H17N5O2. The Kier molecular flexibility index (Phi) is 4.87. The first-order valence-corrected chi connectivity index (χ1v) is 5.04. The third-order valence-electron chi connectivity index (χ3n) is 1.96. The molecule has 0 spiro atoms. The van der Waals surface area contributed by atoms with E-state index in [0.717, 1.165) is 0 Å². The smallest absolute Gasteiger partial charge is 0.241 e. The Hall–Kier alpha value is -1.47. The van der Waals surface area contributed by atoms with E-state index in [0.29, 0.717) is 18.8 Å². The minimum absolute atomic E-state index is 0.127. The first kappa shape index (κ1) is 12.6. The van der Waals surface area contributed by atoms with Crippen LogP contribution in [0.2, 0.25) is 0 Å². The van der Waals surface area contributed by atoms with Gasteiger partial charge in [-0.25, -0.2) is 4.68 Å². The van der Waals surface area contributed by atoms with E-state index in [4.69, 9.17) is 10.5 Å². The molecule has 1 heterocycles. The summed E-state index contributed by atoms with van der Waals surface area (Å²) in [6, 6.07) is -0.176. The molecule has 1 atom stereocenters. The second kappa shape index (κ2) is 6.19. The predicted octanol–water partition coefficient (Wildman–Crippen LogP) is -0.940. The van der Waals surface area contributed by atoms with Crippen molar-refractivity contribution in [2.24, 2.45) is 5.73 Å². The van der Waals surface area contributed by atoms with E-state index in [2.05, 4.69) is 15.6 Å². The van der Waals surface area contributed by atoms with Crippen molar-refractivity contribution in [2.75, 3.05) is 20.3 Å². The number of nitrogens with zero attached hydrogens (tertiary/aromatic N) is 3.